The minimum atomic E-state index is -1.20. The highest BCUT2D eigenvalue weighted by Gasteiger charge is 2.27. The monoisotopic (exact) mass is 357 g/mol. The molecular weight excluding hydrogens is 334 g/mol. The lowest BCUT2D eigenvalue weighted by Crippen LogP contribution is -2.48. The summed E-state index contributed by atoms with van der Waals surface area (Å²) in [7, 11) is 0. The molecule has 1 unspecified atom stereocenters. The van der Waals surface area contributed by atoms with Crippen LogP contribution in [0.3, 0.4) is 0 Å². The molecule has 1 aliphatic carbocycles. The van der Waals surface area contributed by atoms with Crippen molar-refractivity contribution in [1.82, 2.24) is 10.6 Å². The molecule has 0 heterocycles. The third-order valence-corrected chi connectivity index (χ3v) is 4.66. The Morgan fingerprint density at radius 2 is 1.81 bits per heavy atom. The number of carbonyl (C=O) groups excluding carboxylic acids is 2. The van der Waals surface area contributed by atoms with Gasteiger partial charge in [0.05, 0.1) is 17.2 Å². The van der Waals surface area contributed by atoms with E-state index in [0.717, 1.165) is 25.7 Å². The van der Waals surface area contributed by atoms with Crippen LogP contribution in [0.2, 0.25) is 0 Å². The molecule has 1 atom stereocenters. The molecule has 2 rings (SSSR count). The number of carboxylic acids is 1. The molecule has 7 heteroatoms. The third kappa shape index (κ3) is 5.31. The van der Waals surface area contributed by atoms with E-state index in [1.54, 1.807) is 12.1 Å². The molecule has 0 bridgehead atoms. The van der Waals surface area contributed by atoms with Crippen molar-refractivity contribution in [3.8, 4) is 6.07 Å². The van der Waals surface area contributed by atoms with Crippen molar-refractivity contribution < 1.29 is 19.5 Å². The first kappa shape index (κ1) is 19.4. The van der Waals surface area contributed by atoms with Gasteiger partial charge in [0, 0.05) is 0 Å². The van der Waals surface area contributed by atoms with Gasteiger partial charge in [-0.05, 0) is 24.5 Å². The lowest BCUT2D eigenvalue weighted by atomic mass is 9.84. The maximum Gasteiger partial charge on any atom is 0.336 e. The zero-order valence-electron chi connectivity index (χ0n) is 14.5. The van der Waals surface area contributed by atoms with E-state index in [-0.39, 0.29) is 17.7 Å². The van der Waals surface area contributed by atoms with Gasteiger partial charge in [-0.3, -0.25) is 9.59 Å². The zero-order chi connectivity index (χ0) is 18.9. The molecule has 3 N–H and O–H groups in total. The van der Waals surface area contributed by atoms with Crippen molar-refractivity contribution in [2.24, 2.45) is 5.92 Å². The van der Waals surface area contributed by atoms with Gasteiger partial charge in [-0.2, -0.15) is 5.26 Å². The van der Waals surface area contributed by atoms with Crippen molar-refractivity contribution in [3.63, 3.8) is 0 Å². The first-order valence-electron chi connectivity index (χ1n) is 8.80. The van der Waals surface area contributed by atoms with Crippen molar-refractivity contribution in [2.45, 2.75) is 44.6 Å². The molecule has 1 aliphatic rings. The van der Waals surface area contributed by atoms with Gasteiger partial charge >= 0.3 is 5.97 Å². The normalized spacial score (nSPS) is 15.5. The van der Waals surface area contributed by atoms with Gasteiger partial charge in [0.25, 0.3) is 5.91 Å². The molecule has 138 valence electrons. The summed E-state index contributed by atoms with van der Waals surface area (Å²) in [5.74, 6) is -1.89. The molecule has 1 aromatic rings. The summed E-state index contributed by atoms with van der Waals surface area (Å²) in [6.45, 7) is -0.137. The quantitative estimate of drug-likeness (QED) is 0.646. The van der Waals surface area contributed by atoms with Gasteiger partial charge in [-0.1, -0.05) is 44.2 Å². The number of rotatable bonds is 7. The van der Waals surface area contributed by atoms with Crippen LogP contribution in [0.25, 0.3) is 0 Å². The lowest BCUT2D eigenvalue weighted by Gasteiger charge is -2.26. The van der Waals surface area contributed by atoms with E-state index in [1.807, 2.05) is 6.07 Å². The fraction of sp³-hybridized carbons (Fsp3) is 0.474. The SMILES string of the molecule is N#CCNC(=O)C(CC1CCCCC1)NC(=O)c1ccccc1C(=O)O. The van der Waals surface area contributed by atoms with Crippen LogP contribution in [0.15, 0.2) is 24.3 Å². The summed E-state index contributed by atoms with van der Waals surface area (Å²) in [4.78, 5) is 36.3. The molecule has 0 aliphatic heterocycles. The van der Waals surface area contributed by atoms with Gasteiger partial charge in [0.2, 0.25) is 5.91 Å². The smallest absolute Gasteiger partial charge is 0.336 e. The van der Waals surface area contributed by atoms with Crippen LogP contribution in [0.1, 0.15) is 59.2 Å². The van der Waals surface area contributed by atoms with Crippen molar-refractivity contribution in [2.75, 3.05) is 6.54 Å². The molecular formula is C19H23N3O4. The Balaban J connectivity index is 2.14. The van der Waals surface area contributed by atoms with Crippen molar-refractivity contribution >= 4 is 17.8 Å². The molecule has 0 aromatic heterocycles. The van der Waals surface area contributed by atoms with Gasteiger partial charge in [-0.15, -0.1) is 0 Å². The van der Waals surface area contributed by atoms with Gasteiger partial charge in [0.1, 0.15) is 12.6 Å². The number of carbonyl (C=O) groups is 3. The van der Waals surface area contributed by atoms with Crippen LogP contribution in [-0.4, -0.2) is 35.5 Å². The standard InChI is InChI=1S/C19H23N3O4/c20-10-11-21-18(24)16(12-13-6-2-1-3-7-13)22-17(23)14-8-4-5-9-15(14)19(25)26/h4-5,8-9,13,16H,1-3,6-7,11-12H2,(H,21,24)(H,22,23)(H,25,26). The minimum Gasteiger partial charge on any atom is -0.478 e. The number of aromatic carboxylic acids is 1. The Morgan fingerprint density at radius 1 is 1.15 bits per heavy atom. The van der Waals surface area contributed by atoms with Gasteiger partial charge in [0.15, 0.2) is 0 Å². The highest BCUT2D eigenvalue weighted by atomic mass is 16.4. The largest absolute Gasteiger partial charge is 0.478 e. The lowest BCUT2D eigenvalue weighted by molar-refractivity contribution is -0.123. The third-order valence-electron chi connectivity index (χ3n) is 4.66. The maximum absolute atomic E-state index is 12.6. The second-order valence-electron chi connectivity index (χ2n) is 6.49. The van der Waals surface area contributed by atoms with E-state index in [2.05, 4.69) is 10.6 Å². The molecule has 26 heavy (non-hydrogen) atoms. The highest BCUT2D eigenvalue weighted by Crippen LogP contribution is 2.27. The number of nitrogens with zero attached hydrogens (tertiary/aromatic N) is 1. The number of hydrogen-bond donors (Lipinski definition) is 3. The summed E-state index contributed by atoms with van der Waals surface area (Å²) in [6.07, 6.45) is 5.88. The molecule has 1 saturated carbocycles. The molecule has 7 nitrogen and oxygen atoms in total. The van der Waals surface area contributed by atoms with E-state index >= 15 is 0 Å². The minimum absolute atomic E-state index is 0.0155. The molecule has 0 spiro atoms. The fourth-order valence-electron chi connectivity index (χ4n) is 3.34. The summed E-state index contributed by atoms with van der Waals surface area (Å²) < 4.78 is 0. The summed E-state index contributed by atoms with van der Waals surface area (Å²) >= 11 is 0. The van der Waals surface area contributed by atoms with Crippen LogP contribution >= 0.6 is 0 Å². The first-order valence-corrected chi connectivity index (χ1v) is 8.80. The Bertz CT molecular complexity index is 705. The Labute approximate surface area is 152 Å². The fourth-order valence-corrected chi connectivity index (χ4v) is 3.34. The summed E-state index contributed by atoms with van der Waals surface area (Å²) in [5, 5.41) is 23.0. The van der Waals surface area contributed by atoms with E-state index < -0.39 is 23.8 Å². The second-order valence-corrected chi connectivity index (χ2v) is 6.49. The molecule has 1 aromatic carbocycles. The maximum atomic E-state index is 12.6. The van der Waals surface area contributed by atoms with Crippen LogP contribution in [0.4, 0.5) is 0 Å². The number of nitrogens with one attached hydrogen (secondary N) is 2. The van der Waals surface area contributed by atoms with E-state index in [4.69, 9.17) is 5.26 Å². The Hall–Kier alpha value is -2.88. The van der Waals surface area contributed by atoms with E-state index in [9.17, 15) is 19.5 Å². The van der Waals surface area contributed by atoms with E-state index in [0.29, 0.717) is 12.3 Å². The van der Waals surface area contributed by atoms with Gasteiger partial charge in [-0.25, -0.2) is 4.79 Å². The predicted octanol–water partition coefficient (Wildman–Crippen LogP) is 2.09. The summed E-state index contributed by atoms with van der Waals surface area (Å²) in [6, 6.07) is 6.94. The second kappa shape index (κ2) is 9.56. The molecule has 0 radical (unpaired) electrons. The Morgan fingerprint density at radius 3 is 2.42 bits per heavy atom. The summed E-state index contributed by atoms with van der Waals surface area (Å²) in [5.41, 5.74) is -0.0967. The van der Waals surface area contributed by atoms with Crippen LogP contribution in [0.5, 0.6) is 0 Å². The molecule has 0 saturated heterocycles. The Kier molecular flexibility index (Phi) is 7.15. The topological polar surface area (TPSA) is 119 Å². The number of benzene rings is 1. The van der Waals surface area contributed by atoms with Gasteiger partial charge < -0.3 is 15.7 Å². The average Bonchev–Trinajstić information content (AvgIpc) is 2.66. The number of carboxylic acid groups (broad SMARTS) is 1. The first-order chi connectivity index (χ1) is 12.5. The molecule has 2 amide bonds. The average molecular weight is 357 g/mol. The zero-order valence-corrected chi connectivity index (χ0v) is 14.5. The van der Waals surface area contributed by atoms with Crippen LogP contribution < -0.4 is 10.6 Å². The van der Waals surface area contributed by atoms with E-state index in [1.165, 1.54) is 18.6 Å². The van der Waals surface area contributed by atoms with Crippen molar-refractivity contribution in [1.29, 1.82) is 5.26 Å². The van der Waals surface area contributed by atoms with Crippen molar-refractivity contribution in [3.05, 3.63) is 35.4 Å². The molecule has 1 fully saturated rings. The number of nitriles is 1. The number of amides is 2. The van der Waals surface area contributed by atoms with Crippen LogP contribution in [0, 0.1) is 17.2 Å². The van der Waals surface area contributed by atoms with Crippen LogP contribution in [-0.2, 0) is 4.79 Å². The predicted molar refractivity (Wildman–Crippen MR) is 94.5 cm³/mol. The number of hydrogen-bond acceptors (Lipinski definition) is 4. The highest BCUT2D eigenvalue weighted by molar-refractivity contribution is 6.05.